The number of halogens is 1. The van der Waals surface area contributed by atoms with E-state index in [0.29, 0.717) is 18.0 Å². The lowest BCUT2D eigenvalue weighted by Gasteiger charge is -2.08. The van der Waals surface area contributed by atoms with Crippen molar-refractivity contribution in [1.29, 1.82) is 0 Å². The fourth-order valence-corrected chi connectivity index (χ4v) is 2.34. The highest BCUT2D eigenvalue weighted by atomic mass is 35.5. The van der Waals surface area contributed by atoms with Crippen LogP contribution in [0.25, 0.3) is 6.08 Å². The van der Waals surface area contributed by atoms with Gasteiger partial charge in [-0.2, -0.15) is 0 Å². The van der Waals surface area contributed by atoms with Gasteiger partial charge >= 0.3 is 0 Å². The quantitative estimate of drug-likeness (QED) is 0.302. The SMILES string of the molecule is CCCCOc1ccccc1C=CC(=O)Nc1ccc(Cl)c([N+](=O)[O-])c1. The van der Waals surface area contributed by atoms with Crippen LogP contribution in [0.15, 0.2) is 48.5 Å². The van der Waals surface area contributed by atoms with Gasteiger partial charge in [0.2, 0.25) is 5.91 Å². The largest absolute Gasteiger partial charge is 0.493 e. The third kappa shape index (κ3) is 5.60. The number of hydrogen-bond donors (Lipinski definition) is 1. The van der Waals surface area contributed by atoms with E-state index in [1.807, 2.05) is 24.3 Å². The van der Waals surface area contributed by atoms with Gasteiger partial charge in [0.05, 0.1) is 11.5 Å². The van der Waals surface area contributed by atoms with E-state index in [4.69, 9.17) is 16.3 Å². The first kappa shape index (κ1) is 19.5. The molecule has 0 bridgehead atoms. The summed E-state index contributed by atoms with van der Waals surface area (Å²) >= 11 is 5.76. The van der Waals surface area contributed by atoms with Gasteiger partial charge in [-0.1, -0.05) is 43.1 Å². The van der Waals surface area contributed by atoms with Gasteiger partial charge in [0.25, 0.3) is 5.69 Å². The van der Waals surface area contributed by atoms with Crippen molar-refractivity contribution in [3.8, 4) is 5.75 Å². The number of carbonyl (C=O) groups excluding carboxylic acids is 1. The van der Waals surface area contributed by atoms with Crippen LogP contribution < -0.4 is 10.1 Å². The molecule has 136 valence electrons. The Morgan fingerprint density at radius 1 is 1.31 bits per heavy atom. The number of hydrogen-bond acceptors (Lipinski definition) is 4. The monoisotopic (exact) mass is 374 g/mol. The normalized spacial score (nSPS) is 10.7. The van der Waals surface area contributed by atoms with Gasteiger partial charge in [-0.25, -0.2) is 0 Å². The molecule has 0 heterocycles. The fraction of sp³-hybridized carbons (Fsp3) is 0.211. The van der Waals surface area contributed by atoms with Gasteiger partial charge in [-0.05, 0) is 30.7 Å². The molecule has 0 radical (unpaired) electrons. The number of nitrogens with one attached hydrogen (secondary N) is 1. The van der Waals surface area contributed by atoms with Crippen LogP contribution in [-0.4, -0.2) is 17.4 Å². The number of ether oxygens (including phenoxy) is 1. The van der Waals surface area contributed by atoms with Gasteiger partial charge in [-0.15, -0.1) is 0 Å². The molecule has 2 rings (SSSR count). The number of anilines is 1. The highest BCUT2D eigenvalue weighted by molar-refractivity contribution is 6.32. The molecule has 0 fully saturated rings. The second-order valence-corrected chi connectivity index (χ2v) is 5.89. The predicted molar refractivity (Wildman–Crippen MR) is 103 cm³/mol. The molecule has 0 saturated carbocycles. The summed E-state index contributed by atoms with van der Waals surface area (Å²) in [5, 5.41) is 13.5. The Labute approximate surface area is 156 Å². The molecule has 0 aliphatic rings. The lowest BCUT2D eigenvalue weighted by atomic mass is 10.2. The number of benzene rings is 2. The molecule has 0 saturated heterocycles. The average molecular weight is 375 g/mol. The number of nitrogens with zero attached hydrogens (tertiary/aromatic N) is 1. The highest BCUT2D eigenvalue weighted by Crippen LogP contribution is 2.27. The molecule has 26 heavy (non-hydrogen) atoms. The van der Waals surface area contributed by atoms with Crippen molar-refractivity contribution >= 4 is 35.0 Å². The van der Waals surface area contributed by atoms with E-state index >= 15 is 0 Å². The Morgan fingerprint density at radius 3 is 2.81 bits per heavy atom. The van der Waals surface area contributed by atoms with Crippen LogP contribution in [0.1, 0.15) is 25.3 Å². The van der Waals surface area contributed by atoms with E-state index in [2.05, 4.69) is 12.2 Å². The van der Waals surface area contributed by atoms with Gasteiger partial charge in [0.1, 0.15) is 10.8 Å². The molecule has 0 unspecified atom stereocenters. The summed E-state index contributed by atoms with van der Waals surface area (Å²) in [7, 11) is 0. The Balaban J connectivity index is 2.06. The Hall–Kier alpha value is -2.86. The molecule has 7 heteroatoms. The van der Waals surface area contributed by atoms with Gasteiger partial charge in [0.15, 0.2) is 0 Å². The van der Waals surface area contributed by atoms with E-state index < -0.39 is 10.8 Å². The van der Waals surface area contributed by atoms with E-state index in [9.17, 15) is 14.9 Å². The topological polar surface area (TPSA) is 81.5 Å². The zero-order valence-corrected chi connectivity index (χ0v) is 15.0. The van der Waals surface area contributed by atoms with Crippen molar-refractivity contribution in [3.05, 3.63) is 69.2 Å². The summed E-state index contributed by atoms with van der Waals surface area (Å²) in [6.45, 7) is 2.70. The number of carbonyl (C=O) groups is 1. The Morgan fingerprint density at radius 2 is 2.08 bits per heavy atom. The summed E-state index contributed by atoms with van der Waals surface area (Å²) in [6, 6.07) is 11.5. The molecule has 0 spiro atoms. The lowest BCUT2D eigenvalue weighted by Crippen LogP contribution is -2.08. The summed E-state index contributed by atoms with van der Waals surface area (Å²) in [5.74, 6) is 0.289. The first-order valence-electron chi connectivity index (χ1n) is 8.16. The van der Waals surface area contributed by atoms with Crippen LogP contribution in [-0.2, 0) is 4.79 Å². The van der Waals surface area contributed by atoms with Crippen LogP contribution >= 0.6 is 11.6 Å². The molecular formula is C19H19ClN2O4. The summed E-state index contributed by atoms with van der Waals surface area (Å²) in [5.41, 5.74) is 0.812. The maximum Gasteiger partial charge on any atom is 0.289 e. The molecule has 1 N–H and O–H groups in total. The minimum atomic E-state index is -0.599. The van der Waals surface area contributed by atoms with Crippen LogP contribution in [0.4, 0.5) is 11.4 Å². The van der Waals surface area contributed by atoms with Crippen molar-refractivity contribution in [1.82, 2.24) is 0 Å². The molecule has 0 aromatic heterocycles. The second kappa shape index (κ2) is 9.58. The predicted octanol–water partition coefficient (Wildman–Crippen LogP) is 5.08. The third-order valence-corrected chi connectivity index (χ3v) is 3.82. The number of nitro groups is 1. The summed E-state index contributed by atoms with van der Waals surface area (Å²) in [4.78, 5) is 22.4. The second-order valence-electron chi connectivity index (χ2n) is 5.49. The van der Waals surface area contributed by atoms with Gasteiger partial charge in [-0.3, -0.25) is 14.9 Å². The van der Waals surface area contributed by atoms with Gasteiger partial charge < -0.3 is 10.1 Å². The van der Waals surface area contributed by atoms with Crippen LogP contribution in [0.3, 0.4) is 0 Å². The maximum absolute atomic E-state index is 12.1. The number of amides is 1. The van der Waals surface area contributed by atoms with Crippen molar-refractivity contribution in [3.63, 3.8) is 0 Å². The molecule has 1 amide bonds. The summed E-state index contributed by atoms with van der Waals surface area (Å²) < 4.78 is 5.71. The molecule has 0 atom stereocenters. The number of unbranched alkanes of at least 4 members (excludes halogenated alkanes) is 1. The molecule has 0 aliphatic heterocycles. The first-order valence-corrected chi connectivity index (χ1v) is 8.54. The van der Waals surface area contributed by atoms with E-state index in [1.54, 1.807) is 6.08 Å². The first-order chi connectivity index (χ1) is 12.5. The van der Waals surface area contributed by atoms with Crippen molar-refractivity contribution in [2.45, 2.75) is 19.8 Å². The summed E-state index contributed by atoms with van der Waals surface area (Å²) in [6.07, 6.45) is 4.98. The van der Waals surface area contributed by atoms with E-state index in [0.717, 1.165) is 18.4 Å². The Kier molecular flexibility index (Phi) is 7.17. The Bertz CT molecular complexity index is 821. The van der Waals surface area contributed by atoms with Gasteiger partial charge in [0, 0.05) is 23.4 Å². The van der Waals surface area contributed by atoms with Crippen molar-refractivity contribution in [2.75, 3.05) is 11.9 Å². The number of nitro benzene ring substituents is 1. The maximum atomic E-state index is 12.1. The lowest BCUT2D eigenvalue weighted by molar-refractivity contribution is -0.384. The zero-order valence-electron chi connectivity index (χ0n) is 14.3. The zero-order chi connectivity index (χ0) is 18.9. The number of para-hydroxylation sites is 1. The third-order valence-electron chi connectivity index (χ3n) is 3.50. The molecule has 2 aromatic rings. The molecular weight excluding hydrogens is 356 g/mol. The fourth-order valence-electron chi connectivity index (χ4n) is 2.16. The van der Waals surface area contributed by atoms with Crippen LogP contribution in [0.5, 0.6) is 5.75 Å². The van der Waals surface area contributed by atoms with Crippen molar-refractivity contribution < 1.29 is 14.5 Å². The van der Waals surface area contributed by atoms with Crippen LogP contribution in [0.2, 0.25) is 5.02 Å². The highest BCUT2D eigenvalue weighted by Gasteiger charge is 2.13. The van der Waals surface area contributed by atoms with E-state index in [-0.39, 0.29) is 10.7 Å². The standard InChI is InChI=1S/C19H19ClN2O4/c1-2-3-12-26-18-7-5-4-6-14(18)8-11-19(23)21-15-9-10-16(20)17(13-15)22(24)25/h4-11,13H,2-3,12H2,1H3,(H,21,23). The van der Waals surface area contributed by atoms with E-state index in [1.165, 1.54) is 24.3 Å². The average Bonchev–Trinajstić information content (AvgIpc) is 2.62. The molecule has 0 aliphatic carbocycles. The van der Waals surface area contributed by atoms with Crippen LogP contribution in [0, 0.1) is 10.1 Å². The smallest absolute Gasteiger partial charge is 0.289 e. The molecule has 2 aromatic carbocycles. The van der Waals surface area contributed by atoms with Crippen molar-refractivity contribution in [2.24, 2.45) is 0 Å². The minimum absolute atomic E-state index is 0.0155. The number of rotatable bonds is 8. The molecule has 6 nitrogen and oxygen atoms in total. The minimum Gasteiger partial charge on any atom is -0.493 e.